The summed E-state index contributed by atoms with van der Waals surface area (Å²) in [5.41, 5.74) is 4.89. The minimum Gasteiger partial charge on any atom is -0.371 e. The Kier molecular flexibility index (Phi) is 5.31. The van der Waals surface area contributed by atoms with E-state index in [1.807, 2.05) is 13.1 Å². The molecule has 0 aliphatic carbocycles. The summed E-state index contributed by atoms with van der Waals surface area (Å²) < 4.78 is 0. The maximum Gasteiger partial charge on any atom is 0.0728 e. The number of benzene rings is 1. The van der Waals surface area contributed by atoms with Crippen LogP contribution in [0.2, 0.25) is 0 Å². The number of aromatic nitrogens is 1. The minimum atomic E-state index is 0.653. The molecule has 3 nitrogen and oxygen atoms in total. The molecule has 0 bridgehead atoms. The molecule has 24 heavy (non-hydrogen) atoms. The lowest BCUT2D eigenvalue weighted by Gasteiger charge is -2.34. The van der Waals surface area contributed by atoms with Gasteiger partial charge in [-0.05, 0) is 57.0 Å². The molecule has 1 aromatic carbocycles. The van der Waals surface area contributed by atoms with Crippen LogP contribution in [0.3, 0.4) is 0 Å². The van der Waals surface area contributed by atoms with E-state index in [4.69, 9.17) is 0 Å². The third-order valence-electron chi connectivity index (χ3n) is 4.96. The van der Waals surface area contributed by atoms with Gasteiger partial charge in [0.05, 0.1) is 5.52 Å². The summed E-state index contributed by atoms with van der Waals surface area (Å²) in [6, 6.07) is 9.45. The topological polar surface area (TPSA) is 28.2 Å². The van der Waals surface area contributed by atoms with E-state index in [-0.39, 0.29) is 0 Å². The van der Waals surface area contributed by atoms with Gasteiger partial charge < -0.3 is 10.2 Å². The normalized spacial score (nSPS) is 17.1. The number of allylic oxidation sites excluding steroid dienone is 4. The van der Waals surface area contributed by atoms with Gasteiger partial charge in [-0.25, -0.2) is 0 Å². The van der Waals surface area contributed by atoms with Crippen LogP contribution in [0.25, 0.3) is 16.5 Å². The van der Waals surface area contributed by atoms with Crippen molar-refractivity contribution in [1.82, 2.24) is 10.3 Å². The van der Waals surface area contributed by atoms with Gasteiger partial charge in [-0.3, -0.25) is 4.98 Å². The second-order valence-corrected chi connectivity index (χ2v) is 6.49. The summed E-state index contributed by atoms with van der Waals surface area (Å²) in [6.45, 7) is 6.39. The first-order valence-electron chi connectivity index (χ1n) is 8.84. The lowest BCUT2D eigenvalue weighted by atomic mass is 10.0. The average Bonchev–Trinajstić information content (AvgIpc) is 2.65. The highest BCUT2D eigenvalue weighted by Crippen LogP contribution is 2.29. The van der Waals surface area contributed by atoms with Crippen LogP contribution in [0.1, 0.15) is 32.3 Å². The number of nitrogens with zero attached hydrogens (tertiary/aromatic N) is 2. The van der Waals surface area contributed by atoms with Gasteiger partial charge in [-0.2, -0.15) is 0 Å². The molecule has 3 heteroatoms. The monoisotopic (exact) mass is 321 g/mol. The highest BCUT2D eigenvalue weighted by atomic mass is 15.1. The molecule has 1 saturated heterocycles. The Labute approximate surface area is 145 Å². The third-order valence-corrected chi connectivity index (χ3v) is 4.96. The van der Waals surface area contributed by atoms with Gasteiger partial charge in [-0.1, -0.05) is 30.4 Å². The molecule has 0 atom stereocenters. The van der Waals surface area contributed by atoms with Crippen molar-refractivity contribution in [2.45, 2.75) is 32.7 Å². The number of nitrogens with one attached hydrogen (secondary N) is 1. The number of fused-ring (bicyclic) bond motifs is 1. The first-order valence-corrected chi connectivity index (χ1v) is 8.84. The summed E-state index contributed by atoms with van der Waals surface area (Å²) in [5, 5.41) is 4.65. The Morgan fingerprint density at radius 1 is 1.25 bits per heavy atom. The quantitative estimate of drug-likeness (QED) is 0.846. The van der Waals surface area contributed by atoms with Gasteiger partial charge in [0.1, 0.15) is 0 Å². The van der Waals surface area contributed by atoms with Gasteiger partial charge >= 0.3 is 0 Å². The minimum absolute atomic E-state index is 0.653. The molecule has 0 amide bonds. The summed E-state index contributed by atoms with van der Waals surface area (Å²) in [7, 11) is 2.06. The number of hydrogen-bond acceptors (Lipinski definition) is 3. The van der Waals surface area contributed by atoms with Crippen molar-refractivity contribution in [2.75, 3.05) is 25.0 Å². The predicted octanol–water partition coefficient (Wildman–Crippen LogP) is 4.40. The molecule has 1 N–H and O–H groups in total. The SMILES string of the molecule is C/C=C\C=C(/C)c1ccc2c(N3CCC(NC)CC3)ccnc2c1. The smallest absolute Gasteiger partial charge is 0.0728 e. The Bertz CT molecular complexity index is 753. The highest BCUT2D eigenvalue weighted by molar-refractivity contribution is 5.93. The van der Waals surface area contributed by atoms with E-state index in [2.05, 4.69) is 71.7 Å². The van der Waals surface area contributed by atoms with Gasteiger partial charge in [0.15, 0.2) is 0 Å². The van der Waals surface area contributed by atoms with Crippen LogP contribution in [0, 0.1) is 0 Å². The van der Waals surface area contributed by atoms with E-state index in [9.17, 15) is 0 Å². The van der Waals surface area contributed by atoms with Gasteiger partial charge in [0.25, 0.3) is 0 Å². The van der Waals surface area contributed by atoms with Crippen molar-refractivity contribution < 1.29 is 0 Å². The Balaban J connectivity index is 1.91. The molecule has 0 radical (unpaired) electrons. The average molecular weight is 321 g/mol. The molecule has 1 fully saturated rings. The largest absolute Gasteiger partial charge is 0.371 e. The first kappa shape index (κ1) is 16.7. The molecule has 2 aromatic rings. The van der Waals surface area contributed by atoms with Crippen LogP contribution in [-0.4, -0.2) is 31.2 Å². The van der Waals surface area contributed by atoms with Crippen molar-refractivity contribution >= 4 is 22.2 Å². The fraction of sp³-hybridized carbons (Fsp3) is 0.381. The molecule has 1 aliphatic rings. The number of pyridine rings is 1. The molecule has 0 saturated carbocycles. The van der Waals surface area contributed by atoms with Crippen molar-refractivity contribution in [2.24, 2.45) is 0 Å². The summed E-state index contributed by atoms with van der Waals surface area (Å²) in [6.07, 6.45) is 10.6. The van der Waals surface area contributed by atoms with Crippen LogP contribution in [-0.2, 0) is 0 Å². The molecule has 1 aliphatic heterocycles. The molecule has 0 unspecified atom stereocenters. The maximum absolute atomic E-state index is 4.61. The van der Waals surface area contributed by atoms with E-state index < -0.39 is 0 Å². The molecular weight excluding hydrogens is 294 g/mol. The highest BCUT2D eigenvalue weighted by Gasteiger charge is 2.19. The molecule has 126 valence electrons. The Morgan fingerprint density at radius 2 is 2.04 bits per heavy atom. The van der Waals surface area contributed by atoms with Crippen LogP contribution in [0.5, 0.6) is 0 Å². The van der Waals surface area contributed by atoms with E-state index in [0.717, 1.165) is 18.6 Å². The fourth-order valence-electron chi connectivity index (χ4n) is 3.40. The lowest BCUT2D eigenvalue weighted by molar-refractivity contribution is 0.443. The standard InChI is InChI=1S/C21H27N3/c1-4-5-6-16(2)17-7-8-19-20(15-17)23-12-9-21(19)24-13-10-18(22-3)11-14-24/h4-9,12,15,18,22H,10-11,13-14H2,1-3H3/b5-4-,16-6+. The van der Waals surface area contributed by atoms with Crippen LogP contribution >= 0.6 is 0 Å². The number of anilines is 1. The lowest BCUT2D eigenvalue weighted by Crippen LogP contribution is -2.41. The van der Waals surface area contributed by atoms with Crippen molar-refractivity contribution in [1.29, 1.82) is 0 Å². The van der Waals surface area contributed by atoms with Gasteiger partial charge in [-0.15, -0.1) is 0 Å². The molecule has 1 aromatic heterocycles. The second kappa shape index (κ2) is 7.63. The zero-order chi connectivity index (χ0) is 16.9. The van der Waals surface area contributed by atoms with Crippen LogP contribution in [0.4, 0.5) is 5.69 Å². The van der Waals surface area contributed by atoms with Gasteiger partial charge in [0.2, 0.25) is 0 Å². The molecule has 0 spiro atoms. The van der Waals surface area contributed by atoms with Crippen LogP contribution in [0.15, 0.2) is 48.7 Å². The van der Waals surface area contributed by atoms with Crippen molar-refractivity contribution in [3.63, 3.8) is 0 Å². The van der Waals surface area contributed by atoms with Crippen molar-refractivity contribution in [3.8, 4) is 0 Å². The zero-order valence-electron chi connectivity index (χ0n) is 14.9. The number of piperidine rings is 1. The Hall–Kier alpha value is -2.13. The zero-order valence-corrected chi connectivity index (χ0v) is 14.9. The molecule has 2 heterocycles. The summed E-state index contributed by atoms with van der Waals surface area (Å²) in [5.74, 6) is 0. The van der Waals surface area contributed by atoms with Gasteiger partial charge in [0, 0.05) is 36.4 Å². The Morgan fingerprint density at radius 3 is 2.75 bits per heavy atom. The first-order chi connectivity index (χ1) is 11.7. The maximum atomic E-state index is 4.61. The van der Waals surface area contributed by atoms with Crippen LogP contribution < -0.4 is 10.2 Å². The van der Waals surface area contributed by atoms with E-state index >= 15 is 0 Å². The van der Waals surface area contributed by atoms with E-state index in [1.165, 1.54) is 35.1 Å². The second-order valence-electron chi connectivity index (χ2n) is 6.49. The molecular formula is C21H27N3. The van der Waals surface area contributed by atoms with Crippen molar-refractivity contribution in [3.05, 3.63) is 54.3 Å². The summed E-state index contributed by atoms with van der Waals surface area (Å²) >= 11 is 0. The predicted molar refractivity (Wildman–Crippen MR) is 105 cm³/mol. The van der Waals surface area contributed by atoms with E-state index in [1.54, 1.807) is 0 Å². The summed E-state index contributed by atoms with van der Waals surface area (Å²) in [4.78, 5) is 7.11. The number of hydrogen-bond donors (Lipinski definition) is 1. The number of rotatable bonds is 4. The fourth-order valence-corrected chi connectivity index (χ4v) is 3.40. The molecule has 3 rings (SSSR count). The third kappa shape index (κ3) is 3.51. The van der Waals surface area contributed by atoms with E-state index in [0.29, 0.717) is 6.04 Å².